The number of hydrogen-bond donors (Lipinski definition) is 2. The fourth-order valence-electron chi connectivity index (χ4n) is 3.29. The monoisotopic (exact) mass is 318 g/mol. The predicted octanol–water partition coefficient (Wildman–Crippen LogP) is 4.29. The molecule has 0 saturated carbocycles. The molecule has 0 bridgehead atoms. The molecule has 1 atom stereocenters. The Hall–Kier alpha value is -2.52. The van der Waals surface area contributed by atoms with Crippen LogP contribution in [0.2, 0.25) is 0 Å². The minimum atomic E-state index is 0.143. The number of aromatic nitrogens is 1. The molecular formula is C21H22N2O. The lowest BCUT2D eigenvalue weighted by Crippen LogP contribution is -2.16. The number of hydrogen-bond acceptors (Lipinski definition) is 2. The van der Waals surface area contributed by atoms with Crippen LogP contribution in [-0.4, -0.2) is 17.6 Å². The first-order valence-electron chi connectivity index (χ1n) is 8.54. The SMILES string of the molecule is CC1C=Cc2c(ccc3[nH]cc(CCNCc4ccccc4)c23)O1. The summed E-state index contributed by atoms with van der Waals surface area (Å²) in [6, 6.07) is 14.7. The van der Waals surface area contributed by atoms with E-state index < -0.39 is 0 Å². The molecule has 2 heterocycles. The summed E-state index contributed by atoms with van der Waals surface area (Å²) in [5.41, 5.74) is 5.03. The first-order chi connectivity index (χ1) is 11.8. The Labute approximate surface area is 142 Å². The molecule has 0 radical (unpaired) electrons. The van der Waals surface area contributed by atoms with Gasteiger partial charge in [0.25, 0.3) is 0 Å². The average Bonchev–Trinajstić information content (AvgIpc) is 3.03. The van der Waals surface area contributed by atoms with E-state index in [1.807, 2.05) is 0 Å². The third-order valence-electron chi connectivity index (χ3n) is 4.52. The Balaban J connectivity index is 1.49. The molecule has 2 aromatic carbocycles. The number of nitrogens with one attached hydrogen (secondary N) is 2. The Morgan fingerprint density at radius 3 is 2.88 bits per heavy atom. The highest BCUT2D eigenvalue weighted by Gasteiger charge is 2.16. The Morgan fingerprint density at radius 2 is 2.00 bits per heavy atom. The summed E-state index contributed by atoms with van der Waals surface area (Å²) in [5, 5.41) is 4.82. The van der Waals surface area contributed by atoms with E-state index >= 15 is 0 Å². The summed E-state index contributed by atoms with van der Waals surface area (Å²) in [6.07, 6.45) is 7.57. The Morgan fingerprint density at radius 1 is 1.12 bits per heavy atom. The van der Waals surface area contributed by atoms with Gasteiger partial charge in [-0.25, -0.2) is 0 Å². The topological polar surface area (TPSA) is 37.0 Å². The molecule has 3 nitrogen and oxygen atoms in total. The van der Waals surface area contributed by atoms with Gasteiger partial charge in [-0.1, -0.05) is 36.4 Å². The van der Waals surface area contributed by atoms with Crippen LogP contribution in [-0.2, 0) is 13.0 Å². The van der Waals surface area contributed by atoms with Gasteiger partial charge < -0.3 is 15.0 Å². The lowest BCUT2D eigenvalue weighted by molar-refractivity contribution is 0.266. The first-order valence-corrected chi connectivity index (χ1v) is 8.54. The zero-order valence-electron chi connectivity index (χ0n) is 13.9. The lowest BCUT2D eigenvalue weighted by atomic mass is 10.0. The molecule has 3 aromatic rings. The molecule has 2 N–H and O–H groups in total. The van der Waals surface area contributed by atoms with Crippen LogP contribution in [0.25, 0.3) is 17.0 Å². The van der Waals surface area contributed by atoms with E-state index in [0.717, 1.165) is 25.3 Å². The fraction of sp³-hybridized carbons (Fsp3) is 0.238. The molecule has 0 fully saturated rings. The van der Waals surface area contributed by atoms with Gasteiger partial charge in [0.2, 0.25) is 0 Å². The second kappa shape index (κ2) is 6.54. The van der Waals surface area contributed by atoms with Gasteiger partial charge in [-0.2, -0.15) is 0 Å². The van der Waals surface area contributed by atoms with Crippen LogP contribution in [0.15, 0.2) is 54.7 Å². The summed E-state index contributed by atoms with van der Waals surface area (Å²) < 4.78 is 5.93. The van der Waals surface area contributed by atoms with E-state index in [1.165, 1.54) is 27.6 Å². The zero-order valence-corrected chi connectivity index (χ0v) is 13.9. The fourth-order valence-corrected chi connectivity index (χ4v) is 3.29. The van der Waals surface area contributed by atoms with Crippen LogP contribution in [0.5, 0.6) is 5.75 Å². The highest BCUT2D eigenvalue weighted by atomic mass is 16.5. The van der Waals surface area contributed by atoms with Crippen molar-refractivity contribution in [1.29, 1.82) is 0 Å². The van der Waals surface area contributed by atoms with Gasteiger partial charge in [0, 0.05) is 29.2 Å². The molecular weight excluding hydrogens is 296 g/mol. The van der Waals surface area contributed by atoms with Crippen molar-refractivity contribution in [2.75, 3.05) is 6.54 Å². The minimum absolute atomic E-state index is 0.143. The summed E-state index contributed by atoms with van der Waals surface area (Å²) in [7, 11) is 0. The highest BCUT2D eigenvalue weighted by Crippen LogP contribution is 2.34. The van der Waals surface area contributed by atoms with Crippen molar-refractivity contribution in [2.45, 2.75) is 26.0 Å². The number of aromatic amines is 1. The molecule has 0 aliphatic carbocycles. The summed E-state index contributed by atoms with van der Waals surface area (Å²) in [5.74, 6) is 0.982. The summed E-state index contributed by atoms with van der Waals surface area (Å²) in [4.78, 5) is 3.39. The molecule has 0 spiro atoms. The van der Waals surface area contributed by atoms with Crippen LogP contribution in [0.3, 0.4) is 0 Å². The molecule has 0 amide bonds. The molecule has 24 heavy (non-hydrogen) atoms. The van der Waals surface area contributed by atoms with Gasteiger partial charge in [0.1, 0.15) is 11.9 Å². The maximum absolute atomic E-state index is 5.93. The van der Waals surface area contributed by atoms with Gasteiger partial charge in [-0.15, -0.1) is 0 Å². The highest BCUT2D eigenvalue weighted by molar-refractivity contribution is 5.94. The summed E-state index contributed by atoms with van der Waals surface area (Å²) >= 11 is 0. The Kier molecular flexibility index (Phi) is 4.09. The number of benzene rings is 2. The van der Waals surface area contributed by atoms with Crippen LogP contribution in [0, 0.1) is 0 Å². The number of rotatable bonds is 5. The molecule has 0 saturated heterocycles. The summed E-state index contributed by atoms with van der Waals surface area (Å²) in [6.45, 7) is 3.92. The van der Waals surface area contributed by atoms with Crippen molar-refractivity contribution in [2.24, 2.45) is 0 Å². The number of H-pyrrole nitrogens is 1. The van der Waals surface area contributed by atoms with Crippen molar-refractivity contribution in [3.05, 3.63) is 71.4 Å². The van der Waals surface area contributed by atoms with Crippen molar-refractivity contribution in [3.63, 3.8) is 0 Å². The normalized spacial score (nSPS) is 16.1. The average molecular weight is 318 g/mol. The third kappa shape index (κ3) is 2.95. The van der Waals surface area contributed by atoms with Crippen molar-refractivity contribution in [1.82, 2.24) is 10.3 Å². The number of fused-ring (bicyclic) bond motifs is 3. The van der Waals surface area contributed by atoms with Crippen LogP contribution >= 0.6 is 0 Å². The van der Waals surface area contributed by atoms with E-state index in [1.54, 1.807) is 0 Å². The smallest absolute Gasteiger partial charge is 0.128 e. The minimum Gasteiger partial charge on any atom is -0.486 e. The van der Waals surface area contributed by atoms with E-state index in [2.05, 4.69) is 78.0 Å². The molecule has 1 unspecified atom stereocenters. The molecule has 1 aliphatic rings. The van der Waals surface area contributed by atoms with Crippen LogP contribution < -0.4 is 10.1 Å². The number of ether oxygens (including phenoxy) is 1. The van der Waals surface area contributed by atoms with Crippen molar-refractivity contribution >= 4 is 17.0 Å². The van der Waals surface area contributed by atoms with Crippen molar-refractivity contribution in [3.8, 4) is 5.75 Å². The van der Waals surface area contributed by atoms with Gasteiger partial charge >= 0.3 is 0 Å². The standard InChI is InChI=1S/C21H22N2O/c1-15-7-8-18-20(24-15)10-9-19-21(18)17(14-23-19)11-12-22-13-16-5-3-2-4-6-16/h2-10,14-15,22-23H,11-13H2,1H3. The molecule has 3 heteroatoms. The predicted molar refractivity (Wildman–Crippen MR) is 99.3 cm³/mol. The maximum atomic E-state index is 5.93. The Bertz CT molecular complexity index is 864. The van der Waals surface area contributed by atoms with E-state index in [0.29, 0.717) is 0 Å². The second-order valence-electron chi connectivity index (χ2n) is 6.31. The van der Waals surface area contributed by atoms with E-state index in [9.17, 15) is 0 Å². The van der Waals surface area contributed by atoms with Gasteiger partial charge in [0.05, 0.1) is 0 Å². The van der Waals surface area contributed by atoms with Gasteiger partial charge in [0.15, 0.2) is 0 Å². The van der Waals surface area contributed by atoms with Crippen molar-refractivity contribution < 1.29 is 4.74 Å². The molecule has 4 rings (SSSR count). The third-order valence-corrected chi connectivity index (χ3v) is 4.52. The molecule has 1 aromatic heterocycles. The van der Waals surface area contributed by atoms with Gasteiger partial charge in [-0.3, -0.25) is 0 Å². The molecule has 122 valence electrons. The van der Waals surface area contributed by atoms with Crippen LogP contribution in [0.4, 0.5) is 0 Å². The largest absolute Gasteiger partial charge is 0.486 e. The first kappa shape index (κ1) is 15.0. The van der Waals surface area contributed by atoms with Crippen LogP contribution in [0.1, 0.15) is 23.6 Å². The quantitative estimate of drug-likeness (QED) is 0.688. The van der Waals surface area contributed by atoms with E-state index in [4.69, 9.17) is 4.74 Å². The molecule has 1 aliphatic heterocycles. The van der Waals surface area contributed by atoms with E-state index in [-0.39, 0.29) is 6.10 Å². The lowest BCUT2D eigenvalue weighted by Gasteiger charge is -2.19. The van der Waals surface area contributed by atoms with Gasteiger partial charge in [-0.05, 0) is 49.2 Å². The second-order valence-corrected chi connectivity index (χ2v) is 6.31. The maximum Gasteiger partial charge on any atom is 0.128 e. The zero-order chi connectivity index (χ0) is 16.4.